The van der Waals surface area contributed by atoms with Gasteiger partial charge in [-0.25, -0.2) is 8.78 Å². The van der Waals surface area contributed by atoms with Crippen molar-refractivity contribution in [3.8, 4) is 5.75 Å². The molecule has 1 saturated heterocycles. The normalized spacial score (nSPS) is 16.2. The van der Waals surface area contributed by atoms with E-state index in [-0.39, 0.29) is 17.7 Å². The third kappa shape index (κ3) is 5.79. The van der Waals surface area contributed by atoms with Crippen LogP contribution < -0.4 is 4.74 Å². The first-order valence-corrected chi connectivity index (χ1v) is 11.7. The second-order valence-corrected chi connectivity index (χ2v) is 9.11. The lowest BCUT2D eigenvalue weighted by Gasteiger charge is -2.40. The molecule has 33 heavy (non-hydrogen) atoms. The zero-order chi connectivity index (χ0) is 23.4. The largest absolute Gasteiger partial charge is 0.496 e. The van der Waals surface area contributed by atoms with Gasteiger partial charge < -0.3 is 9.84 Å². The highest BCUT2D eigenvalue weighted by molar-refractivity contribution is 9.10. The van der Waals surface area contributed by atoms with Crippen molar-refractivity contribution < 1.29 is 18.6 Å². The Labute approximate surface area is 201 Å². The van der Waals surface area contributed by atoms with Gasteiger partial charge in [-0.15, -0.1) is 0 Å². The molecule has 1 unspecified atom stereocenters. The lowest BCUT2D eigenvalue weighted by Crippen LogP contribution is -2.48. The second kappa shape index (κ2) is 10.7. The molecule has 4 nitrogen and oxygen atoms in total. The minimum atomic E-state index is -0.608. The molecule has 4 rings (SSSR count). The Hall–Kier alpha value is -2.32. The summed E-state index contributed by atoms with van der Waals surface area (Å²) >= 11 is 3.47. The lowest BCUT2D eigenvalue weighted by atomic mass is 9.96. The average Bonchev–Trinajstić information content (AvgIpc) is 2.82. The maximum Gasteiger partial charge on any atom is 0.133 e. The van der Waals surface area contributed by atoms with Crippen molar-refractivity contribution in [1.82, 2.24) is 9.80 Å². The van der Waals surface area contributed by atoms with Crippen LogP contribution in [0.1, 0.15) is 28.8 Å². The summed E-state index contributed by atoms with van der Waals surface area (Å²) in [7, 11) is 1.61. The Morgan fingerprint density at radius 1 is 0.848 bits per heavy atom. The molecule has 0 spiro atoms. The highest BCUT2D eigenvalue weighted by Gasteiger charge is 2.27. The van der Waals surface area contributed by atoms with Crippen LogP contribution in [-0.2, 0) is 0 Å². The molecule has 3 aromatic rings. The minimum Gasteiger partial charge on any atom is -0.496 e. The fourth-order valence-electron chi connectivity index (χ4n) is 4.35. The van der Waals surface area contributed by atoms with Gasteiger partial charge in [0.15, 0.2) is 0 Å². The van der Waals surface area contributed by atoms with E-state index in [0.29, 0.717) is 6.54 Å². The first-order chi connectivity index (χ1) is 15.9. The number of hydrogen-bond donors (Lipinski definition) is 1. The van der Waals surface area contributed by atoms with Crippen LogP contribution in [-0.4, -0.2) is 54.7 Å². The number of halogens is 3. The van der Waals surface area contributed by atoms with E-state index in [1.165, 1.54) is 24.3 Å². The van der Waals surface area contributed by atoms with Gasteiger partial charge in [0.05, 0.1) is 23.7 Å². The molecular formula is C26H27BrF2N2O2. The first kappa shape index (κ1) is 23.8. The van der Waals surface area contributed by atoms with E-state index in [0.717, 1.165) is 53.1 Å². The smallest absolute Gasteiger partial charge is 0.133 e. The van der Waals surface area contributed by atoms with Crippen LogP contribution in [0.25, 0.3) is 0 Å². The summed E-state index contributed by atoms with van der Waals surface area (Å²) in [4.78, 5) is 4.57. The van der Waals surface area contributed by atoms with Gasteiger partial charge in [0, 0.05) is 32.7 Å². The van der Waals surface area contributed by atoms with E-state index in [4.69, 9.17) is 4.74 Å². The lowest BCUT2D eigenvalue weighted by molar-refractivity contribution is 0.0622. The summed E-state index contributed by atoms with van der Waals surface area (Å²) in [5, 5.41) is 10.8. The van der Waals surface area contributed by atoms with Crippen LogP contribution in [0.5, 0.6) is 5.75 Å². The van der Waals surface area contributed by atoms with Crippen LogP contribution in [0.4, 0.5) is 8.78 Å². The van der Waals surface area contributed by atoms with Crippen LogP contribution in [0.15, 0.2) is 71.2 Å². The number of aliphatic hydroxyl groups is 1. The fraction of sp³-hybridized carbons (Fsp3) is 0.308. The monoisotopic (exact) mass is 516 g/mol. The van der Waals surface area contributed by atoms with Gasteiger partial charge >= 0.3 is 0 Å². The van der Waals surface area contributed by atoms with E-state index in [2.05, 4.69) is 25.7 Å². The number of piperazine rings is 1. The van der Waals surface area contributed by atoms with Crippen molar-refractivity contribution in [3.05, 3.63) is 99.5 Å². The van der Waals surface area contributed by atoms with Gasteiger partial charge in [-0.1, -0.05) is 30.3 Å². The number of aliphatic hydroxyl groups excluding tert-OH is 1. The average molecular weight is 517 g/mol. The van der Waals surface area contributed by atoms with Crippen molar-refractivity contribution in [2.45, 2.75) is 12.1 Å². The second-order valence-electron chi connectivity index (χ2n) is 8.25. The Balaban J connectivity index is 1.44. The molecule has 1 atom stereocenters. The topological polar surface area (TPSA) is 35.9 Å². The van der Waals surface area contributed by atoms with Crippen LogP contribution in [0.2, 0.25) is 0 Å². The summed E-state index contributed by atoms with van der Waals surface area (Å²) in [6, 6.07) is 18.5. The number of methoxy groups -OCH3 is 1. The van der Waals surface area contributed by atoms with Crippen molar-refractivity contribution in [2.75, 3.05) is 39.8 Å². The number of nitrogens with zero attached hydrogens (tertiary/aromatic N) is 2. The van der Waals surface area contributed by atoms with E-state index in [1.54, 1.807) is 31.4 Å². The number of ether oxygens (including phenoxy) is 1. The molecule has 0 aliphatic carbocycles. The number of hydrogen-bond acceptors (Lipinski definition) is 4. The standard InChI is InChI=1S/C26H27BrF2N2O2/c1-33-25-11-6-20(16-23(25)27)24(32)17-30-12-14-31(15-13-30)26(18-2-7-21(28)8-3-18)19-4-9-22(29)10-5-19/h2-11,16,24,26,32H,12-15,17H2,1H3. The highest BCUT2D eigenvalue weighted by Crippen LogP contribution is 2.31. The quantitative estimate of drug-likeness (QED) is 0.469. The zero-order valence-electron chi connectivity index (χ0n) is 18.4. The zero-order valence-corrected chi connectivity index (χ0v) is 20.0. The van der Waals surface area contributed by atoms with Gasteiger partial charge in [-0.2, -0.15) is 0 Å². The SMILES string of the molecule is COc1ccc(C(O)CN2CCN(C(c3ccc(F)cc3)c3ccc(F)cc3)CC2)cc1Br. The third-order valence-electron chi connectivity index (χ3n) is 6.14. The molecule has 0 saturated carbocycles. The van der Waals surface area contributed by atoms with Gasteiger partial charge in [0.1, 0.15) is 17.4 Å². The predicted octanol–water partition coefficient (Wildman–Crippen LogP) is 5.18. The number of β-amino-alcohol motifs (C(OH)–C–C–N with tert-alkyl or cyclic N) is 1. The number of benzene rings is 3. The molecule has 0 radical (unpaired) electrons. The molecule has 1 fully saturated rings. The third-order valence-corrected chi connectivity index (χ3v) is 6.75. The van der Waals surface area contributed by atoms with Crippen LogP contribution in [0.3, 0.4) is 0 Å². The molecule has 1 heterocycles. The summed E-state index contributed by atoms with van der Waals surface area (Å²) < 4.78 is 33.1. The minimum absolute atomic E-state index is 0.0872. The summed E-state index contributed by atoms with van der Waals surface area (Å²) in [5.41, 5.74) is 2.78. The van der Waals surface area contributed by atoms with E-state index >= 15 is 0 Å². The molecule has 0 amide bonds. The van der Waals surface area contributed by atoms with Gasteiger partial charge in [0.2, 0.25) is 0 Å². The van der Waals surface area contributed by atoms with E-state index < -0.39 is 6.10 Å². The molecular weight excluding hydrogens is 490 g/mol. The van der Waals surface area contributed by atoms with Crippen molar-refractivity contribution in [2.24, 2.45) is 0 Å². The Morgan fingerprint density at radius 2 is 1.36 bits per heavy atom. The molecule has 7 heteroatoms. The van der Waals surface area contributed by atoms with Gasteiger partial charge in [-0.3, -0.25) is 9.80 Å². The molecule has 0 bridgehead atoms. The molecule has 0 aromatic heterocycles. The molecule has 1 aliphatic rings. The maximum absolute atomic E-state index is 13.5. The number of rotatable bonds is 7. The molecule has 1 aliphatic heterocycles. The highest BCUT2D eigenvalue weighted by atomic mass is 79.9. The molecule has 1 N–H and O–H groups in total. The molecule has 174 valence electrons. The van der Waals surface area contributed by atoms with Gasteiger partial charge in [-0.05, 0) is 69.0 Å². The summed E-state index contributed by atoms with van der Waals surface area (Å²) in [6.45, 7) is 3.65. The first-order valence-electron chi connectivity index (χ1n) is 10.9. The molecule has 3 aromatic carbocycles. The Bertz CT molecular complexity index is 1010. The Morgan fingerprint density at radius 3 is 1.85 bits per heavy atom. The van der Waals surface area contributed by atoms with E-state index in [1.807, 2.05) is 18.2 Å². The van der Waals surface area contributed by atoms with Crippen LogP contribution in [0, 0.1) is 11.6 Å². The fourth-order valence-corrected chi connectivity index (χ4v) is 4.91. The van der Waals surface area contributed by atoms with Crippen molar-refractivity contribution >= 4 is 15.9 Å². The van der Waals surface area contributed by atoms with E-state index in [9.17, 15) is 13.9 Å². The predicted molar refractivity (Wildman–Crippen MR) is 128 cm³/mol. The maximum atomic E-state index is 13.5. The summed E-state index contributed by atoms with van der Waals surface area (Å²) in [6.07, 6.45) is -0.608. The van der Waals surface area contributed by atoms with Gasteiger partial charge in [0.25, 0.3) is 0 Å². The van der Waals surface area contributed by atoms with Crippen molar-refractivity contribution in [1.29, 1.82) is 0 Å². The summed E-state index contributed by atoms with van der Waals surface area (Å²) in [5.74, 6) is 0.174. The van der Waals surface area contributed by atoms with Crippen LogP contribution >= 0.6 is 15.9 Å². The Kier molecular flexibility index (Phi) is 7.75. The van der Waals surface area contributed by atoms with Crippen molar-refractivity contribution in [3.63, 3.8) is 0 Å².